The molecule has 2 rings (SSSR count). The summed E-state index contributed by atoms with van der Waals surface area (Å²) in [6, 6.07) is 0. The third-order valence-corrected chi connectivity index (χ3v) is 5.78. The Morgan fingerprint density at radius 3 is 2.50 bits per heavy atom. The van der Waals surface area contributed by atoms with E-state index in [4.69, 9.17) is 4.99 Å². The van der Waals surface area contributed by atoms with E-state index in [1.54, 1.807) is 11.3 Å². The molecule has 0 aliphatic carbocycles. The zero-order valence-corrected chi connectivity index (χ0v) is 19.8. The molecule has 150 valence electrons. The number of nitrogens with one attached hydrogen (secondary N) is 2. The SMILES string of the molecule is CCNC(=NCCCN1CCCCCC1)NCCc1nc(C)c(C)s1.I. The minimum atomic E-state index is 0. The molecule has 0 unspecified atom stereocenters. The zero-order chi connectivity index (χ0) is 17.9. The van der Waals surface area contributed by atoms with Crippen LogP contribution in [0.2, 0.25) is 0 Å². The second-order valence-corrected chi connectivity index (χ2v) is 8.08. The number of guanidine groups is 1. The lowest BCUT2D eigenvalue weighted by molar-refractivity contribution is 0.283. The van der Waals surface area contributed by atoms with Crippen molar-refractivity contribution in [2.24, 2.45) is 4.99 Å². The Kier molecular flexibility index (Phi) is 12.5. The van der Waals surface area contributed by atoms with Gasteiger partial charge in [0.15, 0.2) is 5.96 Å². The lowest BCUT2D eigenvalue weighted by Crippen LogP contribution is -2.38. The number of thiazole rings is 1. The fourth-order valence-corrected chi connectivity index (χ4v) is 4.05. The Hall–Kier alpha value is -0.410. The van der Waals surface area contributed by atoms with Crippen LogP contribution in [-0.4, -0.2) is 55.1 Å². The molecule has 26 heavy (non-hydrogen) atoms. The van der Waals surface area contributed by atoms with E-state index in [9.17, 15) is 0 Å². The van der Waals surface area contributed by atoms with Crippen molar-refractivity contribution in [1.29, 1.82) is 0 Å². The Labute approximate surface area is 180 Å². The van der Waals surface area contributed by atoms with Crippen molar-refractivity contribution in [2.75, 3.05) is 39.3 Å². The topological polar surface area (TPSA) is 52.6 Å². The smallest absolute Gasteiger partial charge is 0.191 e. The number of likely N-dealkylation sites (tertiary alicyclic amines) is 1. The van der Waals surface area contributed by atoms with E-state index in [0.29, 0.717) is 0 Å². The maximum atomic E-state index is 4.73. The summed E-state index contributed by atoms with van der Waals surface area (Å²) in [4.78, 5) is 13.3. The lowest BCUT2D eigenvalue weighted by atomic mass is 10.2. The molecule has 1 aromatic rings. The second kappa shape index (κ2) is 13.7. The summed E-state index contributed by atoms with van der Waals surface area (Å²) in [6.45, 7) is 12.7. The molecule has 1 aliphatic heterocycles. The minimum absolute atomic E-state index is 0. The van der Waals surface area contributed by atoms with Crippen LogP contribution in [0.1, 0.15) is 54.6 Å². The second-order valence-electron chi connectivity index (χ2n) is 6.80. The average Bonchev–Trinajstić information content (AvgIpc) is 2.79. The summed E-state index contributed by atoms with van der Waals surface area (Å²) >= 11 is 1.80. The molecule has 1 fully saturated rings. The minimum Gasteiger partial charge on any atom is -0.357 e. The van der Waals surface area contributed by atoms with Gasteiger partial charge in [-0.25, -0.2) is 4.98 Å². The first-order valence-corrected chi connectivity index (χ1v) is 10.7. The number of hydrogen-bond acceptors (Lipinski definition) is 4. The third kappa shape index (κ3) is 8.99. The average molecular weight is 494 g/mol. The van der Waals surface area contributed by atoms with E-state index < -0.39 is 0 Å². The van der Waals surface area contributed by atoms with Crippen molar-refractivity contribution in [2.45, 2.75) is 59.3 Å². The Morgan fingerprint density at radius 1 is 1.15 bits per heavy atom. The summed E-state index contributed by atoms with van der Waals surface area (Å²) in [5, 5.41) is 7.99. The number of aromatic nitrogens is 1. The van der Waals surface area contributed by atoms with Crippen molar-refractivity contribution >= 4 is 41.3 Å². The van der Waals surface area contributed by atoms with Crippen LogP contribution in [0.3, 0.4) is 0 Å². The molecule has 0 bridgehead atoms. The molecule has 1 aromatic heterocycles. The van der Waals surface area contributed by atoms with Crippen LogP contribution in [0.15, 0.2) is 4.99 Å². The summed E-state index contributed by atoms with van der Waals surface area (Å²) in [7, 11) is 0. The van der Waals surface area contributed by atoms with Crippen LogP contribution in [0.5, 0.6) is 0 Å². The molecular weight excluding hydrogens is 457 g/mol. The largest absolute Gasteiger partial charge is 0.357 e. The molecule has 0 radical (unpaired) electrons. The van der Waals surface area contributed by atoms with Crippen molar-refractivity contribution in [3.05, 3.63) is 15.6 Å². The van der Waals surface area contributed by atoms with Gasteiger partial charge in [-0.1, -0.05) is 12.8 Å². The van der Waals surface area contributed by atoms with E-state index in [2.05, 4.69) is 41.3 Å². The van der Waals surface area contributed by atoms with Crippen molar-refractivity contribution in [3.63, 3.8) is 0 Å². The highest BCUT2D eigenvalue weighted by Gasteiger charge is 2.08. The fourth-order valence-electron chi connectivity index (χ4n) is 3.12. The maximum absolute atomic E-state index is 4.73. The summed E-state index contributed by atoms with van der Waals surface area (Å²) in [5.74, 6) is 0.934. The molecular formula is C19H36IN5S. The first-order valence-electron chi connectivity index (χ1n) is 9.86. The van der Waals surface area contributed by atoms with E-state index in [-0.39, 0.29) is 24.0 Å². The molecule has 0 aromatic carbocycles. The fraction of sp³-hybridized carbons (Fsp3) is 0.789. The van der Waals surface area contributed by atoms with Crippen LogP contribution < -0.4 is 10.6 Å². The molecule has 1 aliphatic rings. The number of rotatable bonds is 8. The van der Waals surface area contributed by atoms with Gasteiger partial charge in [-0.2, -0.15) is 0 Å². The summed E-state index contributed by atoms with van der Waals surface area (Å²) < 4.78 is 0. The van der Waals surface area contributed by atoms with Crippen molar-refractivity contribution < 1.29 is 0 Å². The van der Waals surface area contributed by atoms with Crippen LogP contribution >= 0.6 is 35.3 Å². The molecule has 0 spiro atoms. The van der Waals surface area contributed by atoms with Gasteiger partial charge in [-0.15, -0.1) is 35.3 Å². The predicted octanol–water partition coefficient (Wildman–Crippen LogP) is 3.74. The normalized spacial score (nSPS) is 16.0. The predicted molar refractivity (Wildman–Crippen MR) is 124 cm³/mol. The van der Waals surface area contributed by atoms with Gasteiger partial charge in [0.1, 0.15) is 0 Å². The van der Waals surface area contributed by atoms with E-state index in [0.717, 1.165) is 44.1 Å². The monoisotopic (exact) mass is 493 g/mol. The Balaban J connectivity index is 0.00000338. The molecule has 5 nitrogen and oxygen atoms in total. The van der Waals surface area contributed by atoms with Gasteiger partial charge in [0.25, 0.3) is 0 Å². The van der Waals surface area contributed by atoms with Crippen LogP contribution in [0.25, 0.3) is 0 Å². The van der Waals surface area contributed by atoms with Gasteiger partial charge in [0.2, 0.25) is 0 Å². The lowest BCUT2D eigenvalue weighted by Gasteiger charge is -2.19. The number of halogens is 1. The van der Waals surface area contributed by atoms with Gasteiger partial charge >= 0.3 is 0 Å². The highest BCUT2D eigenvalue weighted by atomic mass is 127. The summed E-state index contributed by atoms with van der Waals surface area (Å²) in [6.07, 6.45) is 7.63. The molecule has 2 N–H and O–H groups in total. The Bertz CT molecular complexity index is 504. The highest BCUT2D eigenvalue weighted by Crippen LogP contribution is 2.16. The van der Waals surface area contributed by atoms with Crippen LogP contribution in [0.4, 0.5) is 0 Å². The van der Waals surface area contributed by atoms with Gasteiger partial charge in [-0.05, 0) is 59.7 Å². The first-order chi connectivity index (χ1) is 12.2. The number of nitrogens with zero attached hydrogens (tertiary/aromatic N) is 3. The number of hydrogen-bond donors (Lipinski definition) is 2. The third-order valence-electron chi connectivity index (χ3n) is 4.65. The quantitative estimate of drug-likeness (QED) is 0.251. The van der Waals surface area contributed by atoms with Crippen molar-refractivity contribution in [1.82, 2.24) is 20.5 Å². The maximum Gasteiger partial charge on any atom is 0.191 e. The molecule has 2 heterocycles. The number of aliphatic imine (C=N–C) groups is 1. The summed E-state index contributed by atoms with van der Waals surface area (Å²) in [5.41, 5.74) is 1.16. The van der Waals surface area contributed by atoms with Crippen LogP contribution in [-0.2, 0) is 6.42 Å². The molecule has 1 saturated heterocycles. The standard InChI is InChI=1S/C19H35N5S.HI/c1-4-20-19(22-12-10-18-23-16(2)17(3)25-18)21-11-9-15-24-13-7-5-6-8-14-24;/h4-15H2,1-3H3,(H2,20,21,22);1H. The van der Waals surface area contributed by atoms with Gasteiger partial charge in [0.05, 0.1) is 10.7 Å². The van der Waals surface area contributed by atoms with E-state index >= 15 is 0 Å². The molecule has 0 saturated carbocycles. The molecule has 7 heteroatoms. The molecule has 0 atom stereocenters. The highest BCUT2D eigenvalue weighted by molar-refractivity contribution is 14.0. The van der Waals surface area contributed by atoms with E-state index in [1.807, 2.05) is 0 Å². The van der Waals surface area contributed by atoms with Crippen LogP contribution in [0, 0.1) is 13.8 Å². The van der Waals surface area contributed by atoms with Gasteiger partial charge < -0.3 is 15.5 Å². The first kappa shape index (κ1) is 23.6. The molecule has 0 amide bonds. The van der Waals surface area contributed by atoms with Gasteiger partial charge in [-0.3, -0.25) is 4.99 Å². The number of aryl methyl sites for hydroxylation is 2. The van der Waals surface area contributed by atoms with Gasteiger partial charge in [0, 0.05) is 30.9 Å². The van der Waals surface area contributed by atoms with E-state index in [1.165, 1.54) is 55.2 Å². The van der Waals surface area contributed by atoms with Crippen molar-refractivity contribution in [3.8, 4) is 0 Å². The zero-order valence-electron chi connectivity index (χ0n) is 16.6. The Morgan fingerprint density at radius 2 is 1.88 bits per heavy atom.